The van der Waals surface area contributed by atoms with Crippen LogP contribution in [0.4, 0.5) is 5.95 Å². The molecule has 2 aliphatic rings. The number of aliphatic hydroxyl groups is 4. The summed E-state index contributed by atoms with van der Waals surface area (Å²) in [4.78, 5) is 48.5. The van der Waals surface area contributed by atoms with Crippen molar-refractivity contribution in [2.75, 3.05) is 18.8 Å². The van der Waals surface area contributed by atoms with Gasteiger partial charge in [-0.25, -0.2) is 4.98 Å². The van der Waals surface area contributed by atoms with E-state index in [4.69, 9.17) is 38.1 Å². The molecule has 20 nitrogen and oxygen atoms in total. The van der Waals surface area contributed by atoms with Crippen molar-refractivity contribution in [3.8, 4) is 0 Å². The first-order valence-electron chi connectivity index (χ1n) is 14.6. The Bertz CT molecular complexity index is 1380. The monoisotopic (exact) mass is 641 g/mol. The number of nitrogen functional groups attached to an aromatic ring is 1. The quantitative estimate of drug-likeness (QED) is 0.0958. The zero-order valence-electron chi connectivity index (χ0n) is 24.4. The van der Waals surface area contributed by atoms with Crippen molar-refractivity contribution >= 4 is 28.9 Å². The number of ether oxygens (including phenoxy) is 2. The number of anilines is 1. The van der Waals surface area contributed by atoms with Gasteiger partial charge >= 0.3 is 0 Å². The Kier molecular flexibility index (Phi) is 11.4. The Morgan fingerprint density at radius 3 is 2.56 bits per heavy atom. The number of aromatic nitrogens is 4. The highest BCUT2D eigenvalue weighted by Crippen LogP contribution is 2.27. The van der Waals surface area contributed by atoms with Crippen LogP contribution >= 0.6 is 0 Å². The molecule has 2 fully saturated rings. The Morgan fingerprint density at radius 2 is 1.84 bits per heavy atom. The highest BCUT2D eigenvalue weighted by Gasteiger charge is 2.48. The molecule has 0 aromatic carbocycles. The van der Waals surface area contributed by atoms with E-state index in [0.717, 1.165) is 0 Å². The molecule has 2 amide bonds. The van der Waals surface area contributed by atoms with E-state index >= 15 is 0 Å². The second kappa shape index (κ2) is 14.9. The normalized spacial score (nSPS) is 32.7. The Morgan fingerprint density at radius 1 is 1.11 bits per heavy atom. The molecule has 1 saturated carbocycles. The van der Waals surface area contributed by atoms with Gasteiger partial charge in [-0.05, 0) is 32.2 Å². The van der Waals surface area contributed by atoms with Crippen LogP contribution in [0.2, 0.25) is 0 Å². The van der Waals surface area contributed by atoms with Gasteiger partial charge in [-0.3, -0.25) is 19.4 Å². The third-order valence-corrected chi connectivity index (χ3v) is 8.01. The van der Waals surface area contributed by atoms with E-state index in [1.54, 1.807) is 0 Å². The summed E-state index contributed by atoms with van der Waals surface area (Å²) in [7, 11) is 0. The van der Waals surface area contributed by atoms with Crippen molar-refractivity contribution in [2.24, 2.45) is 22.9 Å². The van der Waals surface area contributed by atoms with Gasteiger partial charge in [-0.15, -0.1) is 0 Å². The van der Waals surface area contributed by atoms with Crippen LogP contribution in [-0.4, -0.2) is 132 Å². The van der Waals surface area contributed by atoms with Gasteiger partial charge in [0.15, 0.2) is 17.5 Å². The number of hydrogen-bond acceptors (Lipinski definition) is 16. The van der Waals surface area contributed by atoms with Crippen LogP contribution in [0.1, 0.15) is 25.7 Å². The predicted octanol–water partition coefficient (Wildman–Crippen LogP) is -6.63. The van der Waals surface area contributed by atoms with Crippen LogP contribution in [0.25, 0.3) is 11.2 Å². The van der Waals surface area contributed by atoms with E-state index in [-0.39, 0.29) is 43.0 Å². The second-order valence-electron chi connectivity index (χ2n) is 11.4. The van der Waals surface area contributed by atoms with Gasteiger partial charge in [0.1, 0.15) is 43.1 Å². The summed E-state index contributed by atoms with van der Waals surface area (Å²) in [5.41, 5.74) is 28.6. The first-order valence-corrected chi connectivity index (χ1v) is 14.6. The lowest BCUT2D eigenvalue weighted by atomic mass is 9.84. The molecule has 2 aromatic heterocycles. The van der Waals surface area contributed by atoms with Crippen LogP contribution < -0.4 is 44.9 Å². The topological polar surface area (TPSA) is 351 Å². The van der Waals surface area contributed by atoms with Crippen LogP contribution in [0.5, 0.6) is 0 Å². The molecule has 0 unspecified atom stereocenters. The van der Waals surface area contributed by atoms with E-state index in [0.29, 0.717) is 19.4 Å². The largest absolute Gasteiger partial charge is 0.389 e. The average Bonchev–Trinajstić information content (AvgIpc) is 3.39. The summed E-state index contributed by atoms with van der Waals surface area (Å²) in [6, 6.07) is -3.85. The molecule has 45 heavy (non-hydrogen) atoms. The number of nitrogens with zero attached hydrogens (tertiary/aromatic N) is 3. The molecule has 3 heterocycles. The number of imidazole rings is 1. The molecule has 20 heteroatoms. The fraction of sp³-hybridized carbons (Fsp3) is 0.720. The summed E-state index contributed by atoms with van der Waals surface area (Å²) in [6.45, 7) is -0.276. The molecule has 11 atom stereocenters. The standard InChI is InChI=1S/C25H43N11O9/c26-4-2-1-3-11(33-13(37)7-36-8-32-15-21(36)34-25(30)35-23(15)43)22(42)31-6-12-17(39)18(40)14(29)24(44-12)45-20-10(28)5-9(27)16(38)19(20)41/h8-12,14,16-20,24,38-41H,1-7,26-29H2,(H,31,42)(H,33,37)(H3,30,34,35,43)/t9-,10+,11-,12-,14-,16+,17-,18-,19-,20-,24-/m1/s1. The Hall–Kier alpha value is -3.31. The van der Waals surface area contributed by atoms with E-state index in [1.165, 1.54) is 10.9 Å². The minimum Gasteiger partial charge on any atom is -0.389 e. The third kappa shape index (κ3) is 7.92. The lowest BCUT2D eigenvalue weighted by Gasteiger charge is -2.46. The van der Waals surface area contributed by atoms with E-state index in [9.17, 15) is 34.8 Å². The maximum absolute atomic E-state index is 13.2. The van der Waals surface area contributed by atoms with Gasteiger partial charge < -0.3 is 73.8 Å². The first kappa shape index (κ1) is 34.6. The minimum atomic E-state index is -1.55. The lowest BCUT2D eigenvalue weighted by Crippen LogP contribution is -2.67. The molecule has 0 radical (unpaired) electrons. The molecule has 17 N–H and O–H groups in total. The number of rotatable bonds is 12. The van der Waals surface area contributed by atoms with Crippen LogP contribution in [0.3, 0.4) is 0 Å². The van der Waals surface area contributed by atoms with Gasteiger partial charge in [-0.1, -0.05) is 0 Å². The minimum absolute atomic E-state index is 0.01000. The zero-order valence-corrected chi connectivity index (χ0v) is 24.4. The van der Waals surface area contributed by atoms with Crippen LogP contribution in [0, 0.1) is 0 Å². The summed E-state index contributed by atoms with van der Waals surface area (Å²) in [5.74, 6) is -1.36. The molecule has 0 bridgehead atoms. The highest BCUT2D eigenvalue weighted by atomic mass is 16.7. The highest BCUT2D eigenvalue weighted by molar-refractivity contribution is 5.88. The number of hydrogen-bond donors (Lipinski definition) is 12. The Labute approximate surface area is 256 Å². The summed E-state index contributed by atoms with van der Waals surface area (Å²) >= 11 is 0. The fourth-order valence-corrected chi connectivity index (χ4v) is 5.44. The van der Waals surface area contributed by atoms with Crippen molar-refractivity contribution in [3.63, 3.8) is 0 Å². The SMILES string of the molecule is NCCCC[C@@H](NC(=O)Cn1cnc2c(=O)[nH]c(N)nc21)C(=O)NC[C@H]1O[C@H](O[C@H]2[C@H](O)[C@@H](O)[C@H](N)C[C@@H]2N)[C@H](N)[C@@H](O)[C@@H]1O. The van der Waals surface area contributed by atoms with Crippen molar-refractivity contribution in [3.05, 3.63) is 16.7 Å². The molecule has 1 saturated heterocycles. The third-order valence-electron chi connectivity index (χ3n) is 8.01. The molecule has 0 spiro atoms. The molecule has 252 valence electrons. The van der Waals surface area contributed by atoms with Crippen LogP contribution in [-0.2, 0) is 25.6 Å². The Balaban J connectivity index is 1.40. The molecular weight excluding hydrogens is 598 g/mol. The molecule has 2 aromatic rings. The fourth-order valence-electron chi connectivity index (χ4n) is 5.44. The van der Waals surface area contributed by atoms with Gasteiger partial charge in [0, 0.05) is 18.6 Å². The number of unbranched alkanes of at least 4 members (excludes halogenated alkanes) is 1. The van der Waals surface area contributed by atoms with Gasteiger partial charge in [0.2, 0.25) is 17.8 Å². The van der Waals surface area contributed by atoms with E-state index in [2.05, 4.69) is 25.6 Å². The number of aromatic amines is 1. The predicted molar refractivity (Wildman–Crippen MR) is 157 cm³/mol. The van der Waals surface area contributed by atoms with Gasteiger partial charge in [0.05, 0.1) is 18.5 Å². The smallest absolute Gasteiger partial charge is 0.280 e. The number of aliphatic hydroxyl groups excluding tert-OH is 4. The number of carbonyl (C=O) groups excluding carboxylic acids is 2. The molecule has 1 aliphatic carbocycles. The van der Waals surface area contributed by atoms with Crippen molar-refractivity contribution in [1.82, 2.24) is 30.2 Å². The second-order valence-corrected chi connectivity index (χ2v) is 11.4. The summed E-state index contributed by atoms with van der Waals surface area (Å²) < 4.78 is 12.9. The lowest BCUT2D eigenvalue weighted by molar-refractivity contribution is -0.288. The molecule has 1 aliphatic heterocycles. The average molecular weight is 642 g/mol. The van der Waals surface area contributed by atoms with Gasteiger partial charge in [0.25, 0.3) is 5.56 Å². The number of fused-ring (bicyclic) bond motifs is 1. The number of amides is 2. The van der Waals surface area contributed by atoms with Crippen molar-refractivity contribution < 1.29 is 39.5 Å². The van der Waals surface area contributed by atoms with Crippen molar-refractivity contribution in [2.45, 2.75) is 99.3 Å². The number of H-pyrrole nitrogens is 1. The number of carbonyl (C=O) groups is 2. The van der Waals surface area contributed by atoms with E-state index < -0.39 is 84.5 Å². The van der Waals surface area contributed by atoms with Gasteiger partial charge in [-0.2, -0.15) is 4.98 Å². The van der Waals surface area contributed by atoms with E-state index in [1.807, 2.05) is 0 Å². The first-order chi connectivity index (χ1) is 21.3. The molecular formula is C25H43N11O9. The maximum Gasteiger partial charge on any atom is 0.280 e. The number of nitrogens with one attached hydrogen (secondary N) is 3. The molecule has 4 rings (SSSR count). The number of nitrogens with two attached hydrogens (primary N) is 5. The van der Waals surface area contributed by atoms with Crippen LogP contribution in [0.15, 0.2) is 11.1 Å². The summed E-state index contributed by atoms with van der Waals surface area (Å²) in [6.07, 6.45) is -6.92. The zero-order chi connectivity index (χ0) is 33.0. The van der Waals surface area contributed by atoms with Crippen molar-refractivity contribution in [1.29, 1.82) is 0 Å². The maximum atomic E-state index is 13.2. The summed E-state index contributed by atoms with van der Waals surface area (Å²) in [5, 5.41) is 47.1.